The molecule has 3 heterocycles. The van der Waals surface area contributed by atoms with E-state index in [-0.39, 0.29) is 30.3 Å². The predicted molar refractivity (Wildman–Crippen MR) is 75.2 cm³/mol. The van der Waals surface area contributed by atoms with Gasteiger partial charge in [-0.25, -0.2) is 9.48 Å². The van der Waals surface area contributed by atoms with Gasteiger partial charge in [-0.15, -0.1) is 5.10 Å². The third-order valence-corrected chi connectivity index (χ3v) is 3.87. The Hall–Kier alpha value is -1.71. The van der Waals surface area contributed by atoms with Crippen LogP contribution in [0.3, 0.4) is 0 Å². The second kappa shape index (κ2) is 6.59. The zero-order valence-corrected chi connectivity index (χ0v) is 12.7. The van der Waals surface area contributed by atoms with Crippen LogP contribution in [0.4, 0.5) is 4.79 Å². The third-order valence-electron chi connectivity index (χ3n) is 3.87. The van der Waals surface area contributed by atoms with E-state index in [2.05, 4.69) is 20.9 Å². The Morgan fingerprint density at radius 2 is 2.27 bits per heavy atom. The van der Waals surface area contributed by atoms with Crippen LogP contribution in [-0.4, -0.2) is 66.1 Å². The molecule has 1 aromatic rings. The van der Waals surface area contributed by atoms with E-state index in [1.54, 1.807) is 11.8 Å². The zero-order valence-electron chi connectivity index (χ0n) is 12.7. The van der Waals surface area contributed by atoms with Crippen LogP contribution >= 0.6 is 0 Å². The van der Waals surface area contributed by atoms with Gasteiger partial charge in [-0.2, -0.15) is 0 Å². The van der Waals surface area contributed by atoms with Gasteiger partial charge in [0.1, 0.15) is 23.9 Å². The van der Waals surface area contributed by atoms with Gasteiger partial charge in [0, 0.05) is 13.7 Å². The largest absolute Gasteiger partial charge is 0.378 e. The number of carbonyl (C=O) groups excluding carboxylic acids is 1. The lowest BCUT2D eigenvalue weighted by molar-refractivity contribution is 0.0622. The van der Waals surface area contributed by atoms with Crippen molar-refractivity contribution in [3.63, 3.8) is 0 Å². The Kier molecular flexibility index (Phi) is 4.55. The van der Waals surface area contributed by atoms with E-state index in [9.17, 15) is 4.79 Å². The fraction of sp³-hybridized carbons (Fsp3) is 0.769. The Balaban J connectivity index is 1.63. The van der Waals surface area contributed by atoms with Crippen molar-refractivity contribution in [3.05, 3.63) is 11.9 Å². The summed E-state index contributed by atoms with van der Waals surface area (Å²) in [4.78, 5) is 11.6. The average Bonchev–Trinajstić information content (AvgIpc) is 3.17. The molecule has 22 heavy (non-hydrogen) atoms. The molecular formula is C13H21N5O4. The molecule has 9 nitrogen and oxygen atoms in total. The maximum absolute atomic E-state index is 11.6. The molecule has 0 unspecified atom stereocenters. The highest BCUT2D eigenvalue weighted by atomic mass is 16.6. The van der Waals surface area contributed by atoms with Gasteiger partial charge in [0.05, 0.1) is 32.1 Å². The molecule has 2 fully saturated rings. The molecule has 9 heteroatoms. The van der Waals surface area contributed by atoms with Gasteiger partial charge in [-0.3, -0.25) is 0 Å². The normalized spacial score (nSPS) is 30.3. The number of fused-ring (bicyclic) bond motifs is 1. The summed E-state index contributed by atoms with van der Waals surface area (Å²) >= 11 is 0. The maximum atomic E-state index is 11.6. The summed E-state index contributed by atoms with van der Waals surface area (Å²) in [6, 6.07) is -0.389. The minimum absolute atomic E-state index is 0.0378. The van der Waals surface area contributed by atoms with Gasteiger partial charge in [-0.1, -0.05) is 5.21 Å². The van der Waals surface area contributed by atoms with Crippen molar-refractivity contribution in [2.24, 2.45) is 0 Å². The number of rotatable bonds is 5. The van der Waals surface area contributed by atoms with Gasteiger partial charge in [-0.05, 0) is 6.92 Å². The van der Waals surface area contributed by atoms with E-state index in [1.165, 1.54) is 0 Å². The van der Waals surface area contributed by atoms with Crippen LogP contribution in [0.15, 0.2) is 6.20 Å². The average molecular weight is 311 g/mol. The van der Waals surface area contributed by atoms with E-state index in [0.717, 1.165) is 5.69 Å². The van der Waals surface area contributed by atoms with Crippen molar-refractivity contribution in [1.29, 1.82) is 0 Å². The Bertz CT molecular complexity index is 522. The van der Waals surface area contributed by atoms with Crippen LogP contribution in [0.2, 0.25) is 0 Å². The molecular weight excluding hydrogens is 290 g/mol. The summed E-state index contributed by atoms with van der Waals surface area (Å²) in [6.45, 7) is 3.79. The van der Waals surface area contributed by atoms with Crippen LogP contribution < -0.4 is 10.6 Å². The number of hydrogen-bond donors (Lipinski definition) is 2. The van der Waals surface area contributed by atoms with Gasteiger partial charge >= 0.3 is 6.03 Å². The highest BCUT2D eigenvalue weighted by Crippen LogP contribution is 2.33. The lowest BCUT2D eigenvalue weighted by atomic mass is 10.1. The van der Waals surface area contributed by atoms with Crippen molar-refractivity contribution in [3.8, 4) is 0 Å². The first kappa shape index (κ1) is 15.2. The van der Waals surface area contributed by atoms with E-state index in [1.807, 2.05) is 13.1 Å². The molecule has 2 amide bonds. The topological polar surface area (TPSA) is 99.5 Å². The van der Waals surface area contributed by atoms with E-state index < -0.39 is 0 Å². The number of nitrogens with one attached hydrogen (secondary N) is 2. The van der Waals surface area contributed by atoms with Crippen LogP contribution in [-0.2, 0) is 20.8 Å². The van der Waals surface area contributed by atoms with Crippen molar-refractivity contribution < 1.29 is 19.0 Å². The summed E-state index contributed by atoms with van der Waals surface area (Å²) in [5.41, 5.74) is 0.765. The summed E-state index contributed by atoms with van der Waals surface area (Å²) in [6.07, 6.45) is 1.54. The van der Waals surface area contributed by atoms with Crippen molar-refractivity contribution in [2.45, 2.75) is 37.8 Å². The third kappa shape index (κ3) is 2.92. The molecule has 0 aliphatic carbocycles. The van der Waals surface area contributed by atoms with E-state index in [4.69, 9.17) is 14.2 Å². The molecule has 122 valence electrons. The van der Waals surface area contributed by atoms with Crippen LogP contribution in [0.1, 0.15) is 18.7 Å². The monoisotopic (exact) mass is 311 g/mol. The Labute approximate surface area is 128 Å². The van der Waals surface area contributed by atoms with Crippen LogP contribution in [0, 0.1) is 0 Å². The molecule has 3 rings (SSSR count). The van der Waals surface area contributed by atoms with Crippen LogP contribution in [0.25, 0.3) is 0 Å². The minimum atomic E-state index is -0.202. The maximum Gasteiger partial charge on any atom is 0.315 e. The first-order valence-corrected chi connectivity index (χ1v) is 7.40. The van der Waals surface area contributed by atoms with Crippen molar-refractivity contribution >= 4 is 6.03 Å². The van der Waals surface area contributed by atoms with Gasteiger partial charge in [0.2, 0.25) is 0 Å². The molecule has 2 aliphatic heterocycles. The molecule has 0 saturated carbocycles. The highest BCUT2D eigenvalue weighted by Gasteiger charge is 2.49. The van der Waals surface area contributed by atoms with Gasteiger partial charge < -0.3 is 24.8 Å². The second-order valence-electron chi connectivity index (χ2n) is 5.40. The summed E-state index contributed by atoms with van der Waals surface area (Å²) in [5.74, 6) is 0. The number of hydrogen-bond acceptors (Lipinski definition) is 6. The predicted octanol–water partition coefficient (Wildman–Crippen LogP) is -0.549. The van der Waals surface area contributed by atoms with Crippen molar-refractivity contribution in [2.75, 3.05) is 26.9 Å². The Morgan fingerprint density at radius 1 is 1.45 bits per heavy atom. The summed E-state index contributed by atoms with van der Waals surface area (Å²) in [7, 11) is 1.62. The SMILES string of the molecule is CCNC(=O)N[C@H]1CO[C@H]2[C@@H]1OC[C@@H]2n1cc(COC)nn1. The van der Waals surface area contributed by atoms with Gasteiger partial charge in [0.15, 0.2) is 0 Å². The molecule has 4 atom stereocenters. The number of methoxy groups -OCH3 is 1. The number of urea groups is 1. The number of ether oxygens (including phenoxy) is 3. The van der Waals surface area contributed by atoms with Crippen molar-refractivity contribution in [1.82, 2.24) is 25.6 Å². The molecule has 0 aromatic carbocycles. The molecule has 2 saturated heterocycles. The number of amides is 2. The fourth-order valence-electron chi connectivity index (χ4n) is 2.90. The number of carbonyl (C=O) groups is 1. The highest BCUT2D eigenvalue weighted by molar-refractivity contribution is 5.74. The number of aromatic nitrogens is 3. The summed E-state index contributed by atoms with van der Waals surface area (Å²) < 4.78 is 18.4. The molecule has 0 bridgehead atoms. The molecule has 2 N–H and O–H groups in total. The van der Waals surface area contributed by atoms with Crippen LogP contribution in [0.5, 0.6) is 0 Å². The zero-order chi connectivity index (χ0) is 15.5. The smallest absolute Gasteiger partial charge is 0.315 e. The first-order valence-electron chi connectivity index (χ1n) is 7.40. The Morgan fingerprint density at radius 3 is 3.05 bits per heavy atom. The summed E-state index contributed by atoms with van der Waals surface area (Å²) in [5, 5.41) is 13.8. The molecule has 0 spiro atoms. The molecule has 0 radical (unpaired) electrons. The van der Waals surface area contributed by atoms with Gasteiger partial charge in [0.25, 0.3) is 0 Å². The molecule has 1 aromatic heterocycles. The second-order valence-corrected chi connectivity index (χ2v) is 5.40. The first-order chi connectivity index (χ1) is 10.7. The lowest BCUT2D eigenvalue weighted by Crippen LogP contribution is -2.48. The minimum Gasteiger partial charge on any atom is -0.378 e. The number of nitrogens with zero attached hydrogens (tertiary/aromatic N) is 3. The van der Waals surface area contributed by atoms with E-state index in [0.29, 0.717) is 26.4 Å². The lowest BCUT2D eigenvalue weighted by Gasteiger charge is -2.17. The molecule has 2 aliphatic rings. The fourth-order valence-corrected chi connectivity index (χ4v) is 2.90. The van der Waals surface area contributed by atoms with E-state index >= 15 is 0 Å². The quantitative estimate of drug-likeness (QED) is 0.757. The standard InChI is InChI=1S/C13H21N5O4/c1-3-14-13(19)15-9-6-21-12-10(7-22-11(9)12)18-4-8(5-20-2)16-17-18/h4,9-12H,3,5-7H2,1-2H3,(H2,14,15,19)/t9-,10-,11+,12+/m0/s1.